The minimum Gasteiger partial charge on any atom is -0.372 e. The first-order chi connectivity index (χ1) is 13.4. The highest BCUT2D eigenvalue weighted by Crippen LogP contribution is 2.29. The quantitative estimate of drug-likeness (QED) is 0.524. The van der Waals surface area contributed by atoms with Crippen molar-refractivity contribution < 1.29 is 9.90 Å². The monoisotopic (exact) mass is 372 g/mol. The Kier molecular flexibility index (Phi) is 5.71. The average molecular weight is 372 g/mol. The summed E-state index contributed by atoms with van der Waals surface area (Å²) in [6, 6.07) is 23.8. The first-order valence-corrected chi connectivity index (χ1v) is 9.18. The second kappa shape index (κ2) is 8.19. The lowest BCUT2D eigenvalue weighted by molar-refractivity contribution is -0.136. The molecule has 4 heteroatoms. The summed E-state index contributed by atoms with van der Waals surface area (Å²) in [5.41, 5.74) is 5.62. The van der Waals surface area contributed by atoms with Gasteiger partial charge < -0.3 is 5.11 Å². The maximum absolute atomic E-state index is 13.1. The normalized spacial score (nSPS) is 11.9. The van der Waals surface area contributed by atoms with Crippen LogP contribution in [0.4, 0.5) is 0 Å². The molecule has 0 aliphatic rings. The van der Waals surface area contributed by atoms with Crippen LogP contribution in [0.25, 0.3) is 0 Å². The van der Waals surface area contributed by atoms with Gasteiger partial charge in [-0.3, -0.25) is 4.79 Å². The van der Waals surface area contributed by atoms with Gasteiger partial charge in [0.2, 0.25) is 0 Å². The number of carbonyl (C=O) groups excluding carboxylic acids is 1. The average Bonchev–Trinajstić information content (AvgIpc) is 2.74. The van der Waals surface area contributed by atoms with Gasteiger partial charge in [-0.15, -0.1) is 0 Å². The van der Waals surface area contributed by atoms with Crippen LogP contribution >= 0.6 is 0 Å². The number of hydrogen-bond donors (Lipinski definition) is 2. The molecule has 0 aliphatic heterocycles. The van der Waals surface area contributed by atoms with Crippen molar-refractivity contribution in [1.29, 1.82) is 0 Å². The van der Waals surface area contributed by atoms with Crippen LogP contribution in [-0.2, 0) is 10.4 Å². The molecule has 3 aromatic carbocycles. The van der Waals surface area contributed by atoms with Gasteiger partial charge in [0, 0.05) is 0 Å². The SMILES string of the molecule is C/C(=N/NC(=O)C(O)(c1ccccc1)c1ccccc1)c1ccc(C)c(C)c1. The van der Waals surface area contributed by atoms with Gasteiger partial charge in [-0.25, -0.2) is 5.43 Å². The van der Waals surface area contributed by atoms with Crippen LogP contribution in [0, 0.1) is 13.8 Å². The van der Waals surface area contributed by atoms with Crippen molar-refractivity contribution in [3.05, 3.63) is 107 Å². The summed E-state index contributed by atoms with van der Waals surface area (Å²) in [5, 5.41) is 15.6. The third-order valence-electron chi connectivity index (χ3n) is 4.96. The fourth-order valence-electron chi connectivity index (χ4n) is 3.03. The minimum atomic E-state index is -1.84. The Morgan fingerprint density at radius 2 is 1.39 bits per heavy atom. The lowest BCUT2D eigenvalue weighted by Gasteiger charge is -2.27. The summed E-state index contributed by atoms with van der Waals surface area (Å²) >= 11 is 0. The fourth-order valence-corrected chi connectivity index (χ4v) is 3.03. The molecule has 3 aromatic rings. The summed E-state index contributed by atoms with van der Waals surface area (Å²) in [6.07, 6.45) is 0. The summed E-state index contributed by atoms with van der Waals surface area (Å²) in [5.74, 6) is -0.604. The van der Waals surface area contributed by atoms with E-state index < -0.39 is 11.5 Å². The first kappa shape index (κ1) is 19.5. The van der Waals surface area contributed by atoms with Gasteiger partial charge >= 0.3 is 0 Å². The maximum atomic E-state index is 13.1. The van der Waals surface area contributed by atoms with E-state index in [-0.39, 0.29) is 0 Å². The zero-order valence-corrected chi connectivity index (χ0v) is 16.3. The molecule has 0 atom stereocenters. The number of aryl methyl sites for hydroxylation is 2. The van der Waals surface area contributed by atoms with Crippen LogP contribution in [0.2, 0.25) is 0 Å². The molecular formula is C24H24N2O2. The Bertz CT molecular complexity index is 956. The smallest absolute Gasteiger partial charge is 0.281 e. The molecule has 0 spiro atoms. The van der Waals surface area contributed by atoms with E-state index in [9.17, 15) is 9.90 Å². The van der Waals surface area contributed by atoms with E-state index >= 15 is 0 Å². The highest BCUT2D eigenvalue weighted by Gasteiger charge is 2.39. The molecule has 0 heterocycles. The van der Waals surface area contributed by atoms with Gasteiger partial charge in [0.05, 0.1) is 5.71 Å². The van der Waals surface area contributed by atoms with Gasteiger partial charge in [-0.2, -0.15) is 5.10 Å². The van der Waals surface area contributed by atoms with Gasteiger partial charge in [0.1, 0.15) is 0 Å². The summed E-state index contributed by atoms with van der Waals surface area (Å²) in [6.45, 7) is 5.91. The van der Waals surface area contributed by atoms with E-state index in [2.05, 4.69) is 10.5 Å². The van der Waals surface area contributed by atoms with Crippen LogP contribution < -0.4 is 5.43 Å². The topological polar surface area (TPSA) is 61.7 Å². The Morgan fingerprint density at radius 3 is 1.89 bits per heavy atom. The number of amides is 1. The summed E-state index contributed by atoms with van der Waals surface area (Å²) in [7, 11) is 0. The molecule has 0 aliphatic carbocycles. The molecule has 0 saturated carbocycles. The van der Waals surface area contributed by atoms with Crippen molar-refractivity contribution in [3.8, 4) is 0 Å². The van der Waals surface area contributed by atoms with E-state index in [1.165, 1.54) is 5.56 Å². The lowest BCUT2D eigenvalue weighted by atomic mass is 9.85. The molecule has 4 nitrogen and oxygen atoms in total. The number of nitrogens with one attached hydrogen (secondary N) is 1. The third kappa shape index (κ3) is 3.87. The number of benzene rings is 3. The Labute approximate surface area is 165 Å². The van der Waals surface area contributed by atoms with Crippen molar-refractivity contribution in [3.63, 3.8) is 0 Å². The molecule has 0 saturated heterocycles. The molecule has 142 valence electrons. The Balaban J connectivity index is 1.93. The summed E-state index contributed by atoms with van der Waals surface area (Å²) < 4.78 is 0. The number of nitrogens with zero attached hydrogens (tertiary/aromatic N) is 1. The Morgan fingerprint density at radius 1 is 0.857 bits per heavy atom. The number of hydrogen-bond acceptors (Lipinski definition) is 3. The lowest BCUT2D eigenvalue weighted by Crippen LogP contribution is -2.43. The van der Waals surface area contributed by atoms with E-state index in [0.29, 0.717) is 16.8 Å². The molecule has 28 heavy (non-hydrogen) atoms. The maximum Gasteiger partial charge on any atom is 0.281 e. The number of rotatable bonds is 5. The Hall–Kier alpha value is -3.24. The molecule has 0 fully saturated rings. The van der Waals surface area contributed by atoms with E-state index in [1.54, 1.807) is 48.5 Å². The predicted molar refractivity (Wildman–Crippen MR) is 112 cm³/mol. The largest absolute Gasteiger partial charge is 0.372 e. The second-order valence-corrected chi connectivity index (χ2v) is 6.88. The highest BCUT2D eigenvalue weighted by atomic mass is 16.3. The van der Waals surface area contributed by atoms with E-state index in [0.717, 1.165) is 11.1 Å². The van der Waals surface area contributed by atoms with Crippen LogP contribution in [-0.4, -0.2) is 16.7 Å². The van der Waals surface area contributed by atoms with Gasteiger partial charge in [0.25, 0.3) is 5.91 Å². The molecule has 0 aromatic heterocycles. The van der Waals surface area contributed by atoms with Crippen LogP contribution in [0.15, 0.2) is 84.0 Å². The number of hydrazone groups is 1. The first-order valence-electron chi connectivity index (χ1n) is 9.18. The van der Waals surface area contributed by atoms with Crippen molar-refractivity contribution in [2.24, 2.45) is 5.10 Å². The number of carbonyl (C=O) groups is 1. The fraction of sp³-hybridized carbons (Fsp3) is 0.167. The molecule has 3 rings (SSSR count). The molecule has 0 bridgehead atoms. The van der Waals surface area contributed by atoms with Crippen LogP contribution in [0.3, 0.4) is 0 Å². The summed E-state index contributed by atoms with van der Waals surface area (Å²) in [4.78, 5) is 13.1. The number of aliphatic hydroxyl groups is 1. The second-order valence-electron chi connectivity index (χ2n) is 6.88. The third-order valence-corrected chi connectivity index (χ3v) is 4.96. The minimum absolute atomic E-state index is 0.484. The van der Waals surface area contributed by atoms with Crippen molar-refractivity contribution >= 4 is 11.6 Å². The van der Waals surface area contributed by atoms with E-state index in [4.69, 9.17) is 0 Å². The van der Waals surface area contributed by atoms with Crippen molar-refractivity contribution in [2.45, 2.75) is 26.4 Å². The molecule has 2 N–H and O–H groups in total. The molecule has 0 unspecified atom stereocenters. The van der Waals surface area contributed by atoms with Crippen molar-refractivity contribution in [1.82, 2.24) is 5.43 Å². The molecular weight excluding hydrogens is 348 g/mol. The molecule has 1 amide bonds. The van der Waals surface area contributed by atoms with Gasteiger partial charge in [-0.05, 0) is 54.7 Å². The predicted octanol–water partition coefficient (Wildman–Crippen LogP) is 4.08. The standard InChI is InChI=1S/C24H24N2O2/c1-17-14-15-20(16-18(17)2)19(3)25-26-23(27)24(28,21-10-6-4-7-11-21)22-12-8-5-9-13-22/h4-16,28H,1-3H3,(H,26,27)/b25-19-. The van der Waals surface area contributed by atoms with Crippen LogP contribution in [0.1, 0.15) is 34.7 Å². The molecule has 0 radical (unpaired) electrons. The van der Waals surface area contributed by atoms with Gasteiger partial charge in [-0.1, -0.05) is 72.8 Å². The van der Waals surface area contributed by atoms with E-state index in [1.807, 2.05) is 51.1 Å². The van der Waals surface area contributed by atoms with Crippen molar-refractivity contribution in [2.75, 3.05) is 0 Å². The zero-order chi connectivity index (χ0) is 20.1. The zero-order valence-electron chi connectivity index (χ0n) is 16.3. The highest BCUT2D eigenvalue weighted by molar-refractivity contribution is 6.00. The van der Waals surface area contributed by atoms with Gasteiger partial charge in [0.15, 0.2) is 5.60 Å². The van der Waals surface area contributed by atoms with Crippen LogP contribution in [0.5, 0.6) is 0 Å².